The average molecular weight is 292 g/mol. The summed E-state index contributed by atoms with van der Waals surface area (Å²) in [6.07, 6.45) is 0. The van der Waals surface area contributed by atoms with Gasteiger partial charge in [-0.05, 0) is 35.1 Å². The highest BCUT2D eigenvalue weighted by Gasteiger charge is 2.07. The van der Waals surface area contributed by atoms with Gasteiger partial charge in [-0.2, -0.15) is 0 Å². The van der Waals surface area contributed by atoms with Crippen LogP contribution in [0, 0.1) is 16.3 Å². The van der Waals surface area contributed by atoms with Crippen LogP contribution in [0.5, 0.6) is 0 Å². The van der Waals surface area contributed by atoms with E-state index in [9.17, 15) is 4.39 Å². The first-order valence-electron chi connectivity index (χ1n) is 3.52. The van der Waals surface area contributed by atoms with E-state index >= 15 is 0 Å². The highest BCUT2D eigenvalue weighted by atomic mass is 127. The highest BCUT2D eigenvalue weighted by molar-refractivity contribution is 14.1. The quantitative estimate of drug-likeness (QED) is 0.645. The Bertz CT molecular complexity index is 433. The molecule has 1 aromatic carbocycles. The topological polar surface area (TPSA) is 0 Å². The summed E-state index contributed by atoms with van der Waals surface area (Å²) in [7, 11) is 0. The van der Waals surface area contributed by atoms with Crippen LogP contribution in [-0.4, -0.2) is 0 Å². The molecule has 0 atom stereocenters. The summed E-state index contributed by atoms with van der Waals surface area (Å²) < 4.78 is 15.3. The molecule has 12 heavy (non-hydrogen) atoms. The van der Waals surface area contributed by atoms with E-state index < -0.39 is 0 Å². The maximum atomic E-state index is 13.4. The molecule has 0 aliphatic rings. The molecule has 0 bridgehead atoms. The molecule has 2 aromatic rings. The zero-order valence-electron chi connectivity index (χ0n) is 6.40. The summed E-state index contributed by atoms with van der Waals surface area (Å²) in [4.78, 5) is 0. The van der Waals surface area contributed by atoms with Gasteiger partial charge < -0.3 is 0 Å². The van der Waals surface area contributed by atoms with Gasteiger partial charge in [-0.1, -0.05) is 12.1 Å². The molecule has 0 spiro atoms. The molecule has 0 aliphatic heterocycles. The second-order valence-corrected chi connectivity index (χ2v) is 4.70. The van der Waals surface area contributed by atoms with Crippen LogP contribution in [-0.2, 0) is 0 Å². The van der Waals surface area contributed by atoms with Gasteiger partial charge in [0.05, 0.1) is 4.70 Å². The van der Waals surface area contributed by atoms with Gasteiger partial charge in [0.2, 0.25) is 0 Å². The van der Waals surface area contributed by atoms with Crippen molar-refractivity contribution in [2.24, 2.45) is 0 Å². The minimum absolute atomic E-state index is 0.0691. The van der Waals surface area contributed by atoms with Crippen molar-refractivity contribution in [3.05, 3.63) is 32.5 Å². The van der Waals surface area contributed by atoms with Crippen molar-refractivity contribution in [3.8, 4) is 0 Å². The lowest BCUT2D eigenvalue weighted by atomic mass is 10.2. The van der Waals surface area contributed by atoms with Gasteiger partial charge >= 0.3 is 0 Å². The number of rotatable bonds is 0. The van der Waals surface area contributed by atoms with Crippen molar-refractivity contribution in [1.82, 2.24) is 0 Å². The summed E-state index contributed by atoms with van der Waals surface area (Å²) in [5.41, 5.74) is 0.723. The van der Waals surface area contributed by atoms with Gasteiger partial charge in [-0.3, -0.25) is 0 Å². The maximum absolute atomic E-state index is 13.4. The molecule has 0 nitrogen and oxygen atoms in total. The van der Waals surface area contributed by atoms with Crippen molar-refractivity contribution in [3.63, 3.8) is 0 Å². The summed E-state index contributed by atoms with van der Waals surface area (Å²) in [5.74, 6) is -0.0691. The molecule has 0 saturated heterocycles. The third-order valence-electron chi connectivity index (χ3n) is 1.83. The van der Waals surface area contributed by atoms with Crippen LogP contribution in [0.15, 0.2) is 17.5 Å². The Morgan fingerprint density at radius 1 is 1.42 bits per heavy atom. The van der Waals surface area contributed by atoms with Crippen molar-refractivity contribution in [2.45, 2.75) is 6.92 Å². The summed E-state index contributed by atoms with van der Waals surface area (Å²) >= 11 is 3.70. The van der Waals surface area contributed by atoms with E-state index in [-0.39, 0.29) is 5.82 Å². The van der Waals surface area contributed by atoms with Gasteiger partial charge in [-0.25, -0.2) is 4.39 Å². The fraction of sp³-hybridized carbons (Fsp3) is 0.111. The van der Waals surface area contributed by atoms with Gasteiger partial charge in [0.25, 0.3) is 0 Å². The predicted molar refractivity (Wildman–Crippen MR) is 59.2 cm³/mol. The molecule has 62 valence electrons. The van der Waals surface area contributed by atoms with Crippen LogP contribution in [0.25, 0.3) is 10.1 Å². The standard InChI is InChI=1S/C9H6FIS/c1-5-2-3-6-7(11)4-12-9(6)8(5)10/h2-4H,1H3. The van der Waals surface area contributed by atoms with Gasteiger partial charge in [0, 0.05) is 14.3 Å². The maximum Gasteiger partial charge on any atom is 0.143 e. The summed E-state index contributed by atoms with van der Waals surface area (Å²) in [6, 6.07) is 3.80. The monoisotopic (exact) mass is 292 g/mol. The van der Waals surface area contributed by atoms with Crippen LogP contribution in [0.3, 0.4) is 0 Å². The van der Waals surface area contributed by atoms with Crippen molar-refractivity contribution in [2.75, 3.05) is 0 Å². The van der Waals surface area contributed by atoms with E-state index in [1.165, 1.54) is 11.3 Å². The lowest BCUT2D eigenvalue weighted by molar-refractivity contribution is 0.632. The van der Waals surface area contributed by atoms with E-state index in [2.05, 4.69) is 22.6 Å². The second kappa shape index (κ2) is 2.96. The van der Waals surface area contributed by atoms with Crippen LogP contribution in [0.1, 0.15) is 5.56 Å². The van der Waals surface area contributed by atoms with Crippen molar-refractivity contribution < 1.29 is 4.39 Å². The van der Waals surface area contributed by atoms with E-state index in [0.717, 1.165) is 19.2 Å². The number of halogens is 2. The molecule has 0 aliphatic carbocycles. The molecule has 0 radical (unpaired) electrons. The summed E-state index contributed by atoms with van der Waals surface area (Å²) in [5, 5.41) is 3.01. The normalized spacial score (nSPS) is 10.9. The molecule has 0 N–H and O–H groups in total. The number of aryl methyl sites for hydroxylation is 1. The Kier molecular flexibility index (Phi) is 2.08. The smallest absolute Gasteiger partial charge is 0.143 e. The first kappa shape index (κ1) is 8.44. The lowest BCUT2D eigenvalue weighted by Crippen LogP contribution is -1.80. The SMILES string of the molecule is Cc1ccc2c(I)csc2c1F. The van der Waals surface area contributed by atoms with E-state index in [1.54, 1.807) is 6.92 Å². The van der Waals surface area contributed by atoms with Gasteiger partial charge in [0.15, 0.2) is 0 Å². The summed E-state index contributed by atoms with van der Waals surface area (Å²) in [6.45, 7) is 1.79. The van der Waals surface area contributed by atoms with Crippen molar-refractivity contribution in [1.29, 1.82) is 0 Å². The van der Waals surface area contributed by atoms with Gasteiger partial charge in [0.1, 0.15) is 5.82 Å². The van der Waals surface area contributed by atoms with Crippen LogP contribution >= 0.6 is 33.9 Å². The Morgan fingerprint density at radius 2 is 2.17 bits per heavy atom. The zero-order valence-corrected chi connectivity index (χ0v) is 9.37. The number of thiophene rings is 1. The minimum atomic E-state index is -0.0691. The fourth-order valence-corrected chi connectivity index (χ4v) is 3.06. The molecule has 0 fully saturated rings. The second-order valence-electron chi connectivity index (χ2n) is 2.66. The molecule has 0 amide bonds. The molecule has 0 unspecified atom stereocenters. The van der Waals surface area contributed by atoms with Crippen LogP contribution in [0.2, 0.25) is 0 Å². The van der Waals surface area contributed by atoms with Crippen LogP contribution in [0.4, 0.5) is 4.39 Å². The Morgan fingerprint density at radius 3 is 2.92 bits per heavy atom. The van der Waals surface area contributed by atoms with Crippen molar-refractivity contribution >= 4 is 44.0 Å². The molecule has 2 rings (SSSR count). The van der Waals surface area contributed by atoms with Gasteiger partial charge in [-0.15, -0.1) is 11.3 Å². The minimum Gasteiger partial charge on any atom is -0.205 e. The Hall–Kier alpha value is -0.160. The molecule has 1 aromatic heterocycles. The Labute approximate surface area is 87.5 Å². The first-order chi connectivity index (χ1) is 5.70. The third-order valence-corrected chi connectivity index (χ3v) is 4.13. The first-order valence-corrected chi connectivity index (χ1v) is 5.48. The lowest BCUT2D eigenvalue weighted by Gasteiger charge is -1.96. The largest absolute Gasteiger partial charge is 0.205 e. The number of fused-ring (bicyclic) bond motifs is 1. The average Bonchev–Trinajstić information content (AvgIpc) is 2.41. The fourth-order valence-electron chi connectivity index (χ4n) is 1.13. The predicted octanol–water partition coefficient (Wildman–Crippen LogP) is 3.95. The number of hydrogen-bond donors (Lipinski definition) is 0. The third kappa shape index (κ3) is 1.15. The molecular weight excluding hydrogens is 286 g/mol. The molecule has 3 heteroatoms. The van der Waals surface area contributed by atoms with E-state index in [1.807, 2.05) is 17.5 Å². The molecule has 1 heterocycles. The molecular formula is C9H6FIS. The van der Waals surface area contributed by atoms with E-state index in [4.69, 9.17) is 0 Å². The molecule has 0 saturated carbocycles. The highest BCUT2D eigenvalue weighted by Crippen LogP contribution is 2.30. The van der Waals surface area contributed by atoms with Crippen LogP contribution < -0.4 is 0 Å². The van der Waals surface area contributed by atoms with E-state index in [0.29, 0.717) is 0 Å². The zero-order chi connectivity index (χ0) is 8.72. The number of hydrogen-bond acceptors (Lipinski definition) is 1. The Balaban J connectivity index is 2.93. The number of benzene rings is 1.